The Balaban J connectivity index is 2.25. The summed E-state index contributed by atoms with van der Waals surface area (Å²) >= 11 is 11.9. The molecule has 0 spiro atoms. The number of nitrogens with zero attached hydrogens (tertiary/aromatic N) is 2. The number of ether oxygens (including phenoxy) is 1. The normalized spacial score (nSPS) is 12.4. The van der Waals surface area contributed by atoms with Gasteiger partial charge in [-0.05, 0) is 42.8 Å². The number of amides is 1. The molecule has 0 fully saturated rings. The van der Waals surface area contributed by atoms with Crippen molar-refractivity contribution < 1.29 is 17.9 Å². The van der Waals surface area contributed by atoms with E-state index >= 15 is 0 Å². The number of carbonyl (C=O) groups is 1. The maximum absolute atomic E-state index is 12.9. The quantitative estimate of drug-likeness (QED) is 0.650. The molecule has 0 heterocycles. The van der Waals surface area contributed by atoms with Crippen molar-refractivity contribution in [2.45, 2.75) is 19.5 Å². The molecule has 0 saturated heterocycles. The smallest absolute Gasteiger partial charge is 0.246 e. The molecule has 0 N–H and O–H groups in total. The molecule has 0 radical (unpaired) electrons. The van der Waals surface area contributed by atoms with Crippen molar-refractivity contribution in [3.8, 4) is 5.75 Å². The Bertz CT molecular complexity index is 949. The monoisotopic (exact) mass is 444 g/mol. The number of anilines is 1. The number of sulfonamides is 1. The first-order valence-corrected chi connectivity index (χ1v) is 11.0. The van der Waals surface area contributed by atoms with E-state index in [1.165, 1.54) is 30.0 Å². The largest absolute Gasteiger partial charge is 0.497 e. The van der Waals surface area contributed by atoms with E-state index in [0.29, 0.717) is 17.3 Å². The van der Waals surface area contributed by atoms with Gasteiger partial charge in [0.05, 0.1) is 29.1 Å². The summed E-state index contributed by atoms with van der Waals surface area (Å²) in [6.45, 7) is 1.86. The first-order chi connectivity index (χ1) is 13.0. The molecule has 2 aromatic carbocycles. The van der Waals surface area contributed by atoms with E-state index in [1.807, 2.05) is 12.1 Å². The SMILES string of the molecule is COc1ccc(CN(C)C(=O)[C@@H](C)N(c2ccc(Cl)c(Cl)c2)S(C)(=O)=O)cc1. The third-order valence-corrected chi connectivity index (χ3v) is 6.16. The van der Waals surface area contributed by atoms with E-state index in [-0.39, 0.29) is 16.6 Å². The second-order valence-electron chi connectivity index (χ2n) is 6.38. The number of hydrogen-bond donors (Lipinski definition) is 0. The van der Waals surface area contributed by atoms with Crippen LogP contribution >= 0.6 is 23.2 Å². The molecule has 2 rings (SSSR count). The topological polar surface area (TPSA) is 66.9 Å². The van der Waals surface area contributed by atoms with Gasteiger partial charge in [0, 0.05) is 13.6 Å². The lowest BCUT2D eigenvalue weighted by molar-refractivity contribution is -0.131. The number of rotatable bonds is 7. The van der Waals surface area contributed by atoms with Gasteiger partial charge in [0.25, 0.3) is 0 Å². The van der Waals surface area contributed by atoms with E-state index in [9.17, 15) is 13.2 Å². The summed E-state index contributed by atoms with van der Waals surface area (Å²) < 4.78 is 30.9. The van der Waals surface area contributed by atoms with Crippen molar-refractivity contribution in [2.24, 2.45) is 0 Å². The molecule has 6 nitrogen and oxygen atoms in total. The zero-order chi connectivity index (χ0) is 21.1. The molecule has 0 aliphatic rings. The highest BCUT2D eigenvalue weighted by Gasteiger charge is 2.31. The highest BCUT2D eigenvalue weighted by molar-refractivity contribution is 7.92. The Morgan fingerprint density at radius 1 is 1.11 bits per heavy atom. The van der Waals surface area contributed by atoms with Gasteiger partial charge in [0.15, 0.2) is 0 Å². The highest BCUT2D eigenvalue weighted by atomic mass is 35.5. The molecule has 0 aromatic heterocycles. The number of halogens is 2. The van der Waals surface area contributed by atoms with Crippen molar-refractivity contribution in [1.82, 2.24) is 4.90 Å². The van der Waals surface area contributed by atoms with Crippen molar-refractivity contribution in [3.05, 3.63) is 58.1 Å². The summed E-state index contributed by atoms with van der Waals surface area (Å²) in [7, 11) is -0.538. The minimum absolute atomic E-state index is 0.207. The molecule has 9 heteroatoms. The minimum Gasteiger partial charge on any atom is -0.497 e. The fourth-order valence-corrected chi connectivity index (χ4v) is 4.28. The van der Waals surface area contributed by atoms with Crippen LogP contribution in [0, 0.1) is 0 Å². The Hall–Kier alpha value is -1.96. The van der Waals surface area contributed by atoms with Gasteiger partial charge in [-0.1, -0.05) is 35.3 Å². The molecule has 28 heavy (non-hydrogen) atoms. The Labute approximate surface area is 175 Å². The third-order valence-electron chi connectivity index (χ3n) is 4.18. The van der Waals surface area contributed by atoms with E-state index in [0.717, 1.165) is 16.1 Å². The summed E-state index contributed by atoms with van der Waals surface area (Å²) in [4.78, 5) is 14.4. The van der Waals surface area contributed by atoms with Gasteiger partial charge in [-0.3, -0.25) is 9.10 Å². The molecule has 1 amide bonds. The first kappa shape index (κ1) is 22.3. The molecular formula is C19H22Cl2N2O4S. The van der Waals surface area contributed by atoms with Crippen molar-refractivity contribution in [3.63, 3.8) is 0 Å². The number of carbonyl (C=O) groups excluding carboxylic acids is 1. The lowest BCUT2D eigenvalue weighted by atomic mass is 10.2. The highest BCUT2D eigenvalue weighted by Crippen LogP contribution is 2.30. The van der Waals surface area contributed by atoms with Crippen LogP contribution in [0.3, 0.4) is 0 Å². The van der Waals surface area contributed by atoms with Crippen LogP contribution in [-0.4, -0.2) is 45.7 Å². The standard InChI is InChI=1S/C19H22Cl2N2O4S/c1-13(19(24)22(2)12-14-5-8-16(27-3)9-6-14)23(28(4,25)26)15-7-10-17(20)18(21)11-15/h5-11,13H,12H2,1-4H3/t13-/m1/s1. The summed E-state index contributed by atoms with van der Waals surface area (Å²) in [5.41, 5.74) is 1.17. The molecular weight excluding hydrogens is 423 g/mol. The van der Waals surface area contributed by atoms with Crippen LogP contribution in [0.5, 0.6) is 5.75 Å². The Morgan fingerprint density at radius 2 is 1.71 bits per heavy atom. The predicted octanol–water partition coefficient (Wildman–Crippen LogP) is 3.82. The number of likely N-dealkylation sites (N-methyl/N-ethyl adjacent to an activating group) is 1. The lowest BCUT2D eigenvalue weighted by Gasteiger charge is -2.31. The van der Waals surface area contributed by atoms with Gasteiger partial charge in [-0.15, -0.1) is 0 Å². The molecule has 0 saturated carbocycles. The molecule has 0 aliphatic heterocycles. The van der Waals surface area contributed by atoms with Gasteiger partial charge >= 0.3 is 0 Å². The van der Waals surface area contributed by atoms with Crippen molar-refractivity contribution in [2.75, 3.05) is 24.7 Å². The van der Waals surface area contributed by atoms with E-state index in [4.69, 9.17) is 27.9 Å². The second kappa shape index (κ2) is 9.03. The van der Waals surface area contributed by atoms with Crippen LogP contribution < -0.4 is 9.04 Å². The maximum atomic E-state index is 12.9. The summed E-state index contributed by atoms with van der Waals surface area (Å²) in [5, 5.41) is 0.508. The molecule has 0 bridgehead atoms. The van der Waals surface area contributed by atoms with Gasteiger partial charge < -0.3 is 9.64 Å². The fourth-order valence-electron chi connectivity index (χ4n) is 2.83. The minimum atomic E-state index is -3.74. The lowest BCUT2D eigenvalue weighted by Crippen LogP contribution is -2.48. The molecule has 0 aliphatic carbocycles. The number of benzene rings is 2. The number of methoxy groups -OCH3 is 1. The number of hydrogen-bond acceptors (Lipinski definition) is 4. The average Bonchev–Trinajstić information content (AvgIpc) is 2.63. The van der Waals surface area contributed by atoms with E-state index < -0.39 is 16.1 Å². The second-order valence-corrected chi connectivity index (χ2v) is 9.05. The zero-order valence-corrected chi connectivity index (χ0v) is 18.3. The molecule has 2 aromatic rings. The predicted molar refractivity (Wildman–Crippen MR) is 113 cm³/mol. The third kappa shape index (κ3) is 5.31. The maximum Gasteiger partial charge on any atom is 0.246 e. The van der Waals surface area contributed by atoms with Crippen molar-refractivity contribution in [1.29, 1.82) is 0 Å². The van der Waals surface area contributed by atoms with Crippen LogP contribution in [0.15, 0.2) is 42.5 Å². The van der Waals surface area contributed by atoms with E-state index in [1.54, 1.807) is 26.3 Å². The summed E-state index contributed by atoms with van der Waals surface area (Å²) in [5.74, 6) is 0.362. The first-order valence-electron chi connectivity index (χ1n) is 8.37. The zero-order valence-electron chi connectivity index (χ0n) is 16.0. The van der Waals surface area contributed by atoms with Gasteiger partial charge in [-0.2, -0.15) is 0 Å². The fraction of sp³-hybridized carbons (Fsp3) is 0.316. The molecule has 1 atom stereocenters. The van der Waals surface area contributed by atoms with Gasteiger partial charge in [-0.25, -0.2) is 8.42 Å². The average molecular weight is 445 g/mol. The van der Waals surface area contributed by atoms with Crippen molar-refractivity contribution >= 4 is 44.8 Å². The van der Waals surface area contributed by atoms with Crippen LogP contribution in [0.4, 0.5) is 5.69 Å². The Kier molecular flexibility index (Phi) is 7.20. The van der Waals surface area contributed by atoms with Crippen LogP contribution in [-0.2, 0) is 21.4 Å². The van der Waals surface area contributed by atoms with Gasteiger partial charge in [0.1, 0.15) is 11.8 Å². The van der Waals surface area contributed by atoms with E-state index in [2.05, 4.69) is 0 Å². The summed E-state index contributed by atoms with van der Waals surface area (Å²) in [6.07, 6.45) is 1.04. The van der Waals surface area contributed by atoms with Crippen LogP contribution in [0.25, 0.3) is 0 Å². The van der Waals surface area contributed by atoms with Crippen LogP contribution in [0.1, 0.15) is 12.5 Å². The van der Waals surface area contributed by atoms with Gasteiger partial charge in [0.2, 0.25) is 15.9 Å². The molecule has 0 unspecified atom stereocenters. The van der Waals surface area contributed by atoms with Crippen LogP contribution in [0.2, 0.25) is 10.0 Å². The summed E-state index contributed by atoms with van der Waals surface area (Å²) in [6, 6.07) is 10.8. The molecule has 152 valence electrons. The Morgan fingerprint density at radius 3 is 2.21 bits per heavy atom.